The average Bonchev–Trinajstić information content (AvgIpc) is 2.92. The van der Waals surface area contributed by atoms with Gasteiger partial charge in [0.25, 0.3) is 0 Å². The SMILES string of the molecule is COc1ccc(CCOc2cccc(-c3cccc(NC(=O)CCN4CCCCC4)c3)n2)cc1OC. The van der Waals surface area contributed by atoms with Gasteiger partial charge >= 0.3 is 0 Å². The quantitative estimate of drug-likeness (QED) is 0.399. The molecule has 1 saturated heterocycles. The van der Waals surface area contributed by atoms with Gasteiger partial charge in [0.2, 0.25) is 11.8 Å². The standard InChI is InChI=1S/C29H35N3O4/c1-34-26-13-12-22(20-27(26)35-2)15-19-36-29-11-7-10-25(31-29)23-8-6-9-24(21-23)30-28(33)14-18-32-16-4-3-5-17-32/h6-13,20-21H,3-5,14-19H2,1-2H3,(H,30,33). The van der Waals surface area contributed by atoms with Crippen molar-refractivity contribution in [2.24, 2.45) is 0 Å². The topological polar surface area (TPSA) is 72.9 Å². The molecule has 1 amide bonds. The summed E-state index contributed by atoms with van der Waals surface area (Å²) in [6.45, 7) is 3.50. The number of carbonyl (C=O) groups excluding carboxylic acids is 1. The summed E-state index contributed by atoms with van der Waals surface area (Å²) in [7, 11) is 3.25. The highest BCUT2D eigenvalue weighted by Gasteiger charge is 2.12. The number of piperidine rings is 1. The van der Waals surface area contributed by atoms with Crippen LogP contribution in [-0.2, 0) is 11.2 Å². The molecular weight excluding hydrogens is 454 g/mol. The fourth-order valence-electron chi connectivity index (χ4n) is 4.39. The number of aromatic nitrogens is 1. The fourth-order valence-corrected chi connectivity index (χ4v) is 4.39. The van der Waals surface area contributed by atoms with Gasteiger partial charge in [-0.1, -0.05) is 30.7 Å². The molecule has 190 valence electrons. The Morgan fingerprint density at radius 3 is 2.56 bits per heavy atom. The van der Waals surface area contributed by atoms with Crippen LogP contribution in [0.5, 0.6) is 17.4 Å². The van der Waals surface area contributed by atoms with E-state index in [1.807, 2.05) is 60.7 Å². The number of rotatable bonds is 11. The maximum absolute atomic E-state index is 12.5. The zero-order chi connectivity index (χ0) is 25.2. The van der Waals surface area contributed by atoms with Gasteiger partial charge in [-0.3, -0.25) is 4.79 Å². The van der Waals surface area contributed by atoms with E-state index in [4.69, 9.17) is 14.2 Å². The van der Waals surface area contributed by atoms with Crippen molar-refractivity contribution in [2.75, 3.05) is 45.8 Å². The van der Waals surface area contributed by atoms with Crippen LogP contribution in [0.15, 0.2) is 60.7 Å². The third-order valence-electron chi connectivity index (χ3n) is 6.36. The Labute approximate surface area is 213 Å². The van der Waals surface area contributed by atoms with Crippen molar-refractivity contribution in [3.8, 4) is 28.6 Å². The molecule has 2 aromatic carbocycles. The van der Waals surface area contributed by atoms with Crippen molar-refractivity contribution in [3.63, 3.8) is 0 Å². The maximum Gasteiger partial charge on any atom is 0.225 e. The van der Waals surface area contributed by atoms with Crippen LogP contribution in [0.4, 0.5) is 5.69 Å². The number of nitrogens with one attached hydrogen (secondary N) is 1. The summed E-state index contributed by atoms with van der Waals surface area (Å²) in [6.07, 6.45) is 4.98. The number of anilines is 1. The van der Waals surface area contributed by atoms with Crippen molar-refractivity contribution in [2.45, 2.75) is 32.1 Å². The van der Waals surface area contributed by atoms with Crippen LogP contribution in [0, 0.1) is 0 Å². The Hall–Kier alpha value is -3.58. The largest absolute Gasteiger partial charge is 0.493 e. The number of hydrogen-bond donors (Lipinski definition) is 1. The second-order valence-electron chi connectivity index (χ2n) is 8.93. The normalized spacial score (nSPS) is 13.7. The minimum absolute atomic E-state index is 0.0397. The summed E-state index contributed by atoms with van der Waals surface area (Å²) < 4.78 is 16.6. The highest BCUT2D eigenvalue weighted by Crippen LogP contribution is 2.28. The number of benzene rings is 2. The first-order chi connectivity index (χ1) is 17.6. The predicted octanol–water partition coefficient (Wildman–Crippen LogP) is 5.20. The van der Waals surface area contributed by atoms with Gasteiger partial charge in [0.05, 0.1) is 26.5 Å². The van der Waals surface area contributed by atoms with Crippen LogP contribution in [-0.4, -0.2) is 56.3 Å². The number of pyridine rings is 1. The molecule has 1 fully saturated rings. The van der Waals surface area contributed by atoms with Gasteiger partial charge in [-0.05, 0) is 61.8 Å². The molecule has 3 aromatic rings. The third-order valence-corrected chi connectivity index (χ3v) is 6.36. The Morgan fingerprint density at radius 1 is 0.944 bits per heavy atom. The van der Waals surface area contributed by atoms with Crippen LogP contribution in [0.3, 0.4) is 0 Å². The van der Waals surface area contributed by atoms with Crippen LogP contribution in [0.1, 0.15) is 31.2 Å². The zero-order valence-electron chi connectivity index (χ0n) is 21.2. The molecule has 0 aliphatic carbocycles. The Morgan fingerprint density at radius 2 is 1.75 bits per heavy atom. The Kier molecular flexibility index (Phi) is 9.16. The summed E-state index contributed by atoms with van der Waals surface area (Å²) >= 11 is 0. The highest BCUT2D eigenvalue weighted by molar-refractivity contribution is 5.91. The van der Waals surface area contributed by atoms with Gasteiger partial charge in [-0.15, -0.1) is 0 Å². The highest BCUT2D eigenvalue weighted by atomic mass is 16.5. The first kappa shape index (κ1) is 25.5. The molecule has 1 aromatic heterocycles. The molecule has 1 aliphatic heterocycles. The molecule has 0 saturated carbocycles. The van der Waals surface area contributed by atoms with Gasteiger partial charge in [-0.25, -0.2) is 4.98 Å². The van der Waals surface area contributed by atoms with Crippen LogP contribution in [0.2, 0.25) is 0 Å². The summed E-state index contributed by atoms with van der Waals surface area (Å²) in [6, 6.07) is 19.4. The number of ether oxygens (including phenoxy) is 3. The monoisotopic (exact) mass is 489 g/mol. The molecule has 0 bridgehead atoms. The van der Waals surface area contributed by atoms with Gasteiger partial charge in [0, 0.05) is 36.7 Å². The predicted molar refractivity (Wildman–Crippen MR) is 142 cm³/mol. The number of carbonyl (C=O) groups is 1. The van der Waals surface area contributed by atoms with Crippen molar-refractivity contribution in [1.29, 1.82) is 0 Å². The molecule has 0 atom stereocenters. The van der Waals surface area contributed by atoms with Crippen molar-refractivity contribution < 1.29 is 19.0 Å². The molecule has 1 N–H and O–H groups in total. The molecule has 4 rings (SSSR count). The number of methoxy groups -OCH3 is 2. The third kappa shape index (κ3) is 7.21. The molecule has 7 heteroatoms. The maximum atomic E-state index is 12.5. The van der Waals surface area contributed by atoms with Crippen molar-refractivity contribution in [3.05, 3.63) is 66.2 Å². The fraction of sp³-hybridized carbons (Fsp3) is 0.379. The second kappa shape index (κ2) is 12.9. The molecule has 7 nitrogen and oxygen atoms in total. The van der Waals surface area contributed by atoms with Gasteiger partial charge in [0.15, 0.2) is 11.5 Å². The lowest BCUT2D eigenvalue weighted by Crippen LogP contribution is -2.32. The van der Waals surface area contributed by atoms with E-state index in [0.29, 0.717) is 36.8 Å². The van der Waals surface area contributed by atoms with Crippen molar-refractivity contribution >= 4 is 11.6 Å². The number of amides is 1. The van der Waals surface area contributed by atoms with E-state index in [2.05, 4.69) is 15.2 Å². The van der Waals surface area contributed by atoms with E-state index in [9.17, 15) is 4.79 Å². The molecule has 2 heterocycles. The number of likely N-dealkylation sites (tertiary alicyclic amines) is 1. The van der Waals surface area contributed by atoms with E-state index in [1.165, 1.54) is 19.3 Å². The smallest absolute Gasteiger partial charge is 0.225 e. The first-order valence-electron chi connectivity index (χ1n) is 12.6. The van der Waals surface area contributed by atoms with Crippen LogP contribution in [0.25, 0.3) is 11.3 Å². The minimum atomic E-state index is 0.0397. The molecule has 0 spiro atoms. The average molecular weight is 490 g/mol. The molecular formula is C29H35N3O4. The number of nitrogens with zero attached hydrogens (tertiary/aromatic N) is 2. The van der Waals surface area contributed by atoms with Gasteiger partial charge in [-0.2, -0.15) is 0 Å². The van der Waals surface area contributed by atoms with E-state index < -0.39 is 0 Å². The van der Waals surface area contributed by atoms with Crippen molar-refractivity contribution in [1.82, 2.24) is 9.88 Å². The first-order valence-corrected chi connectivity index (χ1v) is 12.6. The van der Waals surface area contributed by atoms with Crippen LogP contribution >= 0.6 is 0 Å². The molecule has 36 heavy (non-hydrogen) atoms. The van der Waals surface area contributed by atoms with Gasteiger partial charge in [0.1, 0.15) is 0 Å². The Balaban J connectivity index is 1.32. The minimum Gasteiger partial charge on any atom is -0.493 e. The van der Waals surface area contributed by atoms with E-state index in [1.54, 1.807) is 14.2 Å². The molecule has 0 unspecified atom stereocenters. The Bertz CT molecular complexity index is 1140. The summed E-state index contributed by atoms with van der Waals surface area (Å²) in [5.74, 6) is 2.01. The second-order valence-corrected chi connectivity index (χ2v) is 8.93. The van der Waals surface area contributed by atoms with E-state index in [-0.39, 0.29) is 5.91 Å². The van der Waals surface area contributed by atoms with Gasteiger partial charge < -0.3 is 24.4 Å². The van der Waals surface area contributed by atoms with Crippen LogP contribution < -0.4 is 19.5 Å². The zero-order valence-corrected chi connectivity index (χ0v) is 21.2. The molecule has 1 aliphatic rings. The lowest BCUT2D eigenvalue weighted by atomic mass is 10.1. The number of hydrogen-bond acceptors (Lipinski definition) is 6. The summed E-state index contributed by atoms with van der Waals surface area (Å²) in [5.41, 5.74) is 3.59. The van der Waals surface area contributed by atoms with E-state index >= 15 is 0 Å². The van der Waals surface area contributed by atoms with E-state index in [0.717, 1.165) is 42.1 Å². The lowest BCUT2D eigenvalue weighted by Gasteiger charge is -2.25. The lowest BCUT2D eigenvalue weighted by molar-refractivity contribution is -0.116. The molecule has 0 radical (unpaired) electrons. The summed E-state index contributed by atoms with van der Waals surface area (Å²) in [4.78, 5) is 19.5. The summed E-state index contributed by atoms with van der Waals surface area (Å²) in [5, 5.41) is 3.03.